The molecule has 0 aliphatic rings. The fraction of sp³-hybridized carbons (Fsp3) is 0. The number of nitrogens with zero attached hydrogens (tertiary/aromatic N) is 3. The molecule has 9 aromatic rings. The number of aromatic nitrogens is 1. The number of nitriles is 1. The monoisotopic (exact) mass is 621 g/mol. The fourth-order valence-electron chi connectivity index (χ4n) is 7.52. The standard InChI is InChI=1S/C46H27N3/c1-48-35-27-32(31-23-24-42(34(25-31)29-47)49-43-21-11-9-15-36(43)37-16-10-12-22-44(37)49)26-33(28-35)46-40-19-7-5-17-38(40)45(30-13-3-2-4-14-30)39-18-6-8-20-41(39)46/h2-28H. The van der Waals surface area contributed by atoms with Crippen molar-refractivity contribution in [3.05, 3.63) is 181 Å². The summed E-state index contributed by atoms with van der Waals surface area (Å²) in [6.07, 6.45) is 0. The van der Waals surface area contributed by atoms with E-state index in [1.54, 1.807) is 0 Å². The summed E-state index contributed by atoms with van der Waals surface area (Å²) in [5.74, 6) is 0. The summed E-state index contributed by atoms with van der Waals surface area (Å²) in [6.45, 7) is 8.06. The number of fused-ring (bicyclic) bond motifs is 5. The minimum Gasteiger partial charge on any atom is -0.308 e. The summed E-state index contributed by atoms with van der Waals surface area (Å²) in [7, 11) is 0. The van der Waals surface area contributed by atoms with Crippen LogP contribution in [-0.4, -0.2) is 4.57 Å². The van der Waals surface area contributed by atoms with Gasteiger partial charge in [0.15, 0.2) is 5.69 Å². The number of benzene rings is 8. The van der Waals surface area contributed by atoms with E-state index in [-0.39, 0.29) is 0 Å². The van der Waals surface area contributed by atoms with E-state index >= 15 is 0 Å². The van der Waals surface area contributed by atoms with E-state index in [1.807, 2.05) is 42.5 Å². The van der Waals surface area contributed by atoms with Gasteiger partial charge in [-0.05, 0) is 97.4 Å². The van der Waals surface area contributed by atoms with E-state index in [9.17, 15) is 5.26 Å². The molecule has 0 atom stereocenters. The van der Waals surface area contributed by atoms with Crippen molar-refractivity contribution in [3.63, 3.8) is 0 Å². The van der Waals surface area contributed by atoms with Crippen LogP contribution in [0.2, 0.25) is 0 Å². The molecule has 3 heteroatoms. The summed E-state index contributed by atoms with van der Waals surface area (Å²) < 4.78 is 2.18. The molecule has 0 fully saturated rings. The third-order valence-corrected chi connectivity index (χ3v) is 9.60. The van der Waals surface area contributed by atoms with E-state index < -0.39 is 0 Å². The third-order valence-electron chi connectivity index (χ3n) is 9.60. The van der Waals surface area contributed by atoms with Crippen LogP contribution in [0.1, 0.15) is 5.56 Å². The Balaban J connectivity index is 1.27. The van der Waals surface area contributed by atoms with E-state index in [2.05, 4.69) is 137 Å². The molecule has 0 saturated carbocycles. The molecule has 0 aliphatic heterocycles. The summed E-state index contributed by atoms with van der Waals surface area (Å²) in [4.78, 5) is 3.92. The van der Waals surface area contributed by atoms with Crippen molar-refractivity contribution in [3.8, 4) is 45.1 Å². The number of para-hydroxylation sites is 2. The molecule has 8 aromatic carbocycles. The predicted molar refractivity (Wildman–Crippen MR) is 203 cm³/mol. The lowest BCUT2D eigenvalue weighted by atomic mass is 9.85. The van der Waals surface area contributed by atoms with E-state index in [0.717, 1.165) is 60.5 Å². The summed E-state index contributed by atoms with van der Waals surface area (Å²) in [6, 6.07) is 59.0. The van der Waals surface area contributed by atoms with Crippen molar-refractivity contribution in [1.82, 2.24) is 4.57 Å². The lowest BCUT2D eigenvalue weighted by Crippen LogP contribution is -1.98. The molecule has 0 saturated heterocycles. The summed E-state index contributed by atoms with van der Waals surface area (Å²) in [5.41, 5.74) is 10.3. The van der Waals surface area contributed by atoms with Crippen LogP contribution in [0.3, 0.4) is 0 Å². The van der Waals surface area contributed by atoms with Crippen LogP contribution >= 0.6 is 0 Å². The maximum absolute atomic E-state index is 10.5. The number of hydrogen-bond acceptors (Lipinski definition) is 1. The number of rotatable bonds is 4. The number of hydrogen-bond donors (Lipinski definition) is 0. The van der Waals surface area contributed by atoms with Crippen LogP contribution in [0.4, 0.5) is 5.69 Å². The topological polar surface area (TPSA) is 33.1 Å². The molecule has 9 rings (SSSR count). The first kappa shape index (κ1) is 28.3. The van der Waals surface area contributed by atoms with E-state index in [0.29, 0.717) is 11.3 Å². The van der Waals surface area contributed by atoms with Crippen molar-refractivity contribution in [2.45, 2.75) is 0 Å². The first-order valence-corrected chi connectivity index (χ1v) is 16.3. The van der Waals surface area contributed by atoms with Gasteiger partial charge in [-0.2, -0.15) is 5.26 Å². The van der Waals surface area contributed by atoms with Crippen LogP contribution < -0.4 is 0 Å². The van der Waals surface area contributed by atoms with E-state index in [1.165, 1.54) is 21.9 Å². The normalized spacial score (nSPS) is 11.2. The van der Waals surface area contributed by atoms with Crippen LogP contribution in [0, 0.1) is 17.9 Å². The largest absolute Gasteiger partial charge is 0.308 e. The molecule has 0 amide bonds. The molecule has 0 bridgehead atoms. The van der Waals surface area contributed by atoms with Crippen LogP contribution in [0.25, 0.3) is 87.3 Å². The second-order valence-corrected chi connectivity index (χ2v) is 12.3. The van der Waals surface area contributed by atoms with Gasteiger partial charge in [0.1, 0.15) is 6.07 Å². The maximum atomic E-state index is 10.5. The summed E-state index contributed by atoms with van der Waals surface area (Å²) in [5, 5.41) is 17.4. The van der Waals surface area contributed by atoms with Gasteiger partial charge in [-0.3, -0.25) is 0 Å². The van der Waals surface area contributed by atoms with Crippen molar-refractivity contribution in [2.75, 3.05) is 0 Å². The van der Waals surface area contributed by atoms with Gasteiger partial charge in [-0.25, -0.2) is 4.85 Å². The zero-order valence-electron chi connectivity index (χ0n) is 26.4. The van der Waals surface area contributed by atoms with Gasteiger partial charge in [0.2, 0.25) is 0 Å². The minimum atomic E-state index is 0.553. The smallest absolute Gasteiger partial charge is 0.188 e. The van der Waals surface area contributed by atoms with Gasteiger partial charge in [0.25, 0.3) is 0 Å². The van der Waals surface area contributed by atoms with Gasteiger partial charge in [0.05, 0.1) is 28.9 Å². The quantitative estimate of drug-likeness (QED) is 0.142. The molecule has 1 heterocycles. The minimum absolute atomic E-state index is 0.553. The Bertz CT molecular complexity index is 2740. The van der Waals surface area contributed by atoms with Crippen molar-refractivity contribution in [2.24, 2.45) is 0 Å². The molecule has 49 heavy (non-hydrogen) atoms. The predicted octanol–water partition coefficient (Wildman–Crippen LogP) is 12.5. The second kappa shape index (κ2) is 11.4. The Morgan fingerprint density at radius 1 is 0.449 bits per heavy atom. The highest BCUT2D eigenvalue weighted by atomic mass is 15.0. The zero-order valence-corrected chi connectivity index (χ0v) is 26.4. The van der Waals surface area contributed by atoms with Crippen LogP contribution in [-0.2, 0) is 0 Å². The molecule has 3 nitrogen and oxygen atoms in total. The highest BCUT2D eigenvalue weighted by Crippen LogP contribution is 2.45. The Morgan fingerprint density at radius 2 is 0.939 bits per heavy atom. The molecule has 0 spiro atoms. The molecule has 0 aliphatic carbocycles. The molecular formula is C46H27N3. The van der Waals surface area contributed by atoms with Crippen LogP contribution in [0.5, 0.6) is 0 Å². The highest BCUT2D eigenvalue weighted by Gasteiger charge is 2.19. The second-order valence-electron chi connectivity index (χ2n) is 12.3. The van der Waals surface area contributed by atoms with Gasteiger partial charge in [-0.15, -0.1) is 0 Å². The fourth-order valence-corrected chi connectivity index (χ4v) is 7.52. The molecule has 226 valence electrons. The van der Waals surface area contributed by atoms with Crippen molar-refractivity contribution >= 4 is 49.0 Å². The van der Waals surface area contributed by atoms with Gasteiger partial charge >= 0.3 is 0 Å². The maximum Gasteiger partial charge on any atom is 0.188 e. The van der Waals surface area contributed by atoms with Crippen molar-refractivity contribution < 1.29 is 0 Å². The SMILES string of the molecule is [C-]#[N+]c1cc(-c2ccc(-n3c4ccccc4c4ccccc43)c(C#N)c2)cc(-c2c3ccccc3c(-c3ccccc3)c3ccccc23)c1. The van der Waals surface area contributed by atoms with Gasteiger partial charge in [0, 0.05) is 10.8 Å². The Kier molecular flexibility index (Phi) is 6.58. The Morgan fingerprint density at radius 3 is 1.49 bits per heavy atom. The molecule has 0 N–H and O–H groups in total. The first-order valence-electron chi connectivity index (χ1n) is 16.3. The molecule has 0 radical (unpaired) electrons. The summed E-state index contributed by atoms with van der Waals surface area (Å²) >= 11 is 0. The Hall–Kier alpha value is -6.94. The van der Waals surface area contributed by atoms with Gasteiger partial charge < -0.3 is 4.57 Å². The average Bonchev–Trinajstić information content (AvgIpc) is 3.51. The Labute approximate surface area is 284 Å². The van der Waals surface area contributed by atoms with Gasteiger partial charge in [-0.1, -0.05) is 121 Å². The van der Waals surface area contributed by atoms with E-state index in [4.69, 9.17) is 6.57 Å². The molecule has 0 unspecified atom stereocenters. The third kappa shape index (κ3) is 4.49. The van der Waals surface area contributed by atoms with Crippen LogP contribution in [0.15, 0.2) is 164 Å². The first-order chi connectivity index (χ1) is 24.2. The zero-order chi connectivity index (χ0) is 32.9. The average molecular weight is 622 g/mol. The molecular weight excluding hydrogens is 595 g/mol. The van der Waals surface area contributed by atoms with Crippen molar-refractivity contribution in [1.29, 1.82) is 5.26 Å². The lowest BCUT2D eigenvalue weighted by molar-refractivity contribution is 1.17. The lowest BCUT2D eigenvalue weighted by Gasteiger charge is -2.18. The molecule has 1 aromatic heterocycles. The highest BCUT2D eigenvalue weighted by molar-refractivity contribution is 6.21.